The molecule has 6 nitrogen and oxygen atoms in total. The third-order valence-electron chi connectivity index (χ3n) is 3.67. The zero-order valence-corrected chi connectivity index (χ0v) is 14.9. The number of amides is 1. The Labute approximate surface area is 138 Å². The molecule has 0 saturated heterocycles. The number of aromatic nitrogens is 1. The summed E-state index contributed by atoms with van der Waals surface area (Å²) in [7, 11) is 2.00. The summed E-state index contributed by atoms with van der Waals surface area (Å²) < 4.78 is 11.2. The topological polar surface area (TPSA) is 54.9 Å². The lowest BCUT2D eigenvalue weighted by atomic mass is 10.2. The standard InChI is InChI=1S/C17H27N3O3/c1-12(2)19(6)14-8-7-13-11-20(9-10-22-15(13)18-14)16(21)23-17(3,4)5/h7-8,12H,9-11H2,1-6H3. The number of ether oxygens (including phenoxy) is 2. The van der Waals surface area contributed by atoms with Gasteiger partial charge >= 0.3 is 6.09 Å². The van der Waals surface area contributed by atoms with Crippen LogP contribution in [0.25, 0.3) is 0 Å². The van der Waals surface area contributed by atoms with Gasteiger partial charge in [-0.15, -0.1) is 0 Å². The van der Waals surface area contributed by atoms with E-state index in [1.54, 1.807) is 4.90 Å². The molecular weight excluding hydrogens is 294 g/mol. The van der Waals surface area contributed by atoms with Gasteiger partial charge in [0.15, 0.2) is 0 Å². The largest absolute Gasteiger partial charge is 0.475 e. The lowest BCUT2D eigenvalue weighted by Gasteiger charge is -2.26. The molecule has 128 valence electrons. The summed E-state index contributed by atoms with van der Waals surface area (Å²) >= 11 is 0. The predicted molar refractivity (Wildman–Crippen MR) is 89.9 cm³/mol. The summed E-state index contributed by atoms with van der Waals surface area (Å²) in [5.41, 5.74) is 0.393. The average molecular weight is 321 g/mol. The van der Waals surface area contributed by atoms with E-state index < -0.39 is 5.60 Å². The highest BCUT2D eigenvalue weighted by Gasteiger charge is 2.26. The van der Waals surface area contributed by atoms with Crippen LogP contribution in [-0.4, -0.2) is 47.8 Å². The molecule has 1 aromatic heterocycles. The van der Waals surface area contributed by atoms with E-state index in [9.17, 15) is 4.79 Å². The van der Waals surface area contributed by atoms with Gasteiger partial charge in [-0.2, -0.15) is 4.98 Å². The number of fused-ring (bicyclic) bond motifs is 1. The van der Waals surface area contributed by atoms with Gasteiger partial charge in [-0.3, -0.25) is 0 Å². The molecule has 0 saturated carbocycles. The van der Waals surface area contributed by atoms with E-state index in [-0.39, 0.29) is 6.09 Å². The number of pyridine rings is 1. The second-order valence-electron chi connectivity index (χ2n) is 7.09. The smallest absolute Gasteiger partial charge is 0.410 e. The van der Waals surface area contributed by atoms with Crippen molar-refractivity contribution in [1.29, 1.82) is 0 Å². The molecular formula is C17H27N3O3. The number of carbonyl (C=O) groups excluding carboxylic acids is 1. The summed E-state index contributed by atoms with van der Waals surface area (Å²) in [4.78, 5) is 20.6. The first-order valence-electron chi connectivity index (χ1n) is 8.01. The fourth-order valence-corrected chi connectivity index (χ4v) is 2.19. The van der Waals surface area contributed by atoms with Crippen LogP contribution in [0.5, 0.6) is 5.88 Å². The molecule has 0 spiro atoms. The molecule has 1 aromatic rings. The highest BCUT2D eigenvalue weighted by Crippen LogP contribution is 2.25. The fourth-order valence-electron chi connectivity index (χ4n) is 2.19. The zero-order valence-electron chi connectivity index (χ0n) is 14.9. The third kappa shape index (κ3) is 4.50. The highest BCUT2D eigenvalue weighted by molar-refractivity contribution is 5.68. The molecule has 1 amide bonds. The molecule has 0 aliphatic carbocycles. The van der Waals surface area contributed by atoms with Crippen molar-refractivity contribution < 1.29 is 14.3 Å². The molecule has 6 heteroatoms. The van der Waals surface area contributed by atoms with Crippen LogP contribution >= 0.6 is 0 Å². The van der Waals surface area contributed by atoms with Crippen molar-refractivity contribution in [2.45, 2.75) is 52.8 Å². The van der Waals surface area contributed by atoms with Crippen molar-refractivity contribution in [1.82, 2.24) is 9.88 Å². The highest BCUT2D eigenvalue weighted by atomic mass is 16.6. The Hall–Kier alpha value is -1.98. The third-order valence-corrected chi connectivity index (χ3v) is 3.67. The van der Waals surface area contributed by atoms with E-state index in [0.717, 1.165) is 11.4 Å². The molecule has 2 heterocycles. The van der Waals surface area contributed by atoms with Crippen LogP contribution in [-0.2, 0) is 11.3 Å². The van der Waals surface area contributed by atoms with Crippen LogP contribution in [0.2, 0.25) is 0 Å². The lowest BCUT2D eigenvalue weighted by Crippen LogP contribution is -2.37. The molecule has 23 heavy (non-hydrogen) atoms. The molecule has 0 radical (unpaired) electrons. The van der Waals surface area contributed by atoms with Crippen LogP contribution in [0.1, 0.15) is 40.2 Å². The minimum Gasteiger partial charge on any atom is -0.475 e. The molecule has 0 fully saturated rings. The van der Waals surface area contributed by atoms with E-state index in [1.165, 1.54) is 0 Å². The number of nitrogens with zero attached hydrogens (tertiary/aromatic N) is 3. The Morgan fingerprint density at radius 1 is 1.39 bits per heavy atom. The van der Waals surface area contributed by atoms with Crippen LogP contribution < -0.4 is 9.64 Å². The zero-order chi connectivity index (χ0) is 17.2. The second-order valence-corrected chi connectivity index (χ2v) is 7.09. The van der Waals surface area contributed by atoms with Gasteiger partial charge in [0.05, 0.1) is 13.1 Å². The minimum absolute atomic E-state index is 0.322. The lowest BCUT2D eigenvalue weighted by molar-refractivity contribution is 0.0225. The molecule has 1 aliphatic heterocycles. The SMILES string of the molecule is CC(C)N(C)c1ccc2c(n1)OCCN(C(=O)OC(C)(C)C)C2. The average Bonchev–Trinajstić information content (AvgIpc) is 2.65. The van der Waals surface area contributed by atoms with Gasteiger partial charge in [-0.25, -0.2) is 4.79 Å². The molecule has 2 rings (SSSR count). The van der Waals surface area contributed by atoms with Gasteiger partial charge in [0.2, 0.25) is 5.88 Å². The normalized spacial score (nSPS) is 14.8. The minimum atomic E-state index is -0.505. The van der Waals surface area contributed by atoms with Crippen molar-refractivity contribution in [2.75, 3.05) is 25.1 Å². The Balaban J connectivity index is 2.17. The van der Waals surface area contributed by atoms with Gasteiger partial charge in [0, 0.05) is 18.7 Å². The number of carbonyl (C=O) groups is 1. The summed E-state index contributed by atoms with van der Waals surface area (Å²) in [6.45, 7) is 11.2. The van der Waals surface area contributed by atoms with Gasteiger partial charge in [-0.1, -0.05) is 0 Å². The number of rotatable bonds is 2. The summed E-state index contributed by atoms with van der Waals surface area (Å²) in [5.74, 6) is 1.46. The number of hydrogen-bond acceptors (Lipinski definition) is 5. The van der Waals surface area contributed by atoms with E-state index in [4.69, 9.17) is 9.47 Å². The van der Waals surface area contributed by atoms with Gasteiger partial charge in [0.25, 0.3) is 0 Å². The second kappa shape index (κ2) is 6.64. The van der Waals surface area contributed by atoms with E-state index in [2.05, 4.69) is 23.7 Å². The molecule has 1 aliphatic rings. The van der Waals surface area contributed by atoms with Crippen LogP contribution in [0.3, 0.4) is 0 Å². The fraction of sp³-hybridized carbons (Fsp3) is 0.647. The van der Waals surface area contributed by atoms with E-state index >= 15 is 0 Å². The first-order valence-corrected chi connectivity index (χ1v) is 8.01. The first-order chi connectivity index (χ1) is 10.7. The summed E-state index contributed by atoms with van der Waals surface area (Å²) in [6.07, 6.45) is -0.322. The van der Waals surface area contributed by atoms with Crippen molar-refractivity contribution in [2.24, 2.45) is 0 Å². The monoisotopic (exact) mass is 321 g/mol. The van der Waals surface area contributed by atoms with Crippen LogP contribution in [0, 0.1) is 0 Å². The Morgan fingerprint density at radius 3 is 2.70 bits per heavy atom. The van der Waals surface area contributed by atoms with Crippen molar-refractivity contribution in [3.05, 3.63) is 17.7 Å². The van der Waals surface area contributed by atoms with Gasteiger partial charge < -0.3 is 19.3 Å². The quantitative estimate of drug-likeness (QED) is 0.838. The summed E-state index contributed by atoms with van der Waals surface area (Å²) in [6, 6.07) is 4.28. The molecule has 0 atom stereocenters. The number of anilines is 1. The van der Waals surface area contributed by atoms with Gasteiger partial charge in [-0.05, 0) is 46.8 Å². The van der Waals surface area contributed by atoms with Crippen LogP contribution in [0.15, 0.2) is 12.1 Å². The maximum atomic E-state index is 12.3. The maximum absolute atomic E-state index is 12.3. The molecule has 0 unspecified atom stereocenters. The first kappa shape index (κ1) is 17.4. The van der Waals surface area contributed by atoms with Crippen molar-refractivity contribution in [3.8, 4) is 5.88 Å². The Kier molecular flexibility index (Phi) is 5.02. The molecule has 0 bridgehead atoms. The van der Waals surface area contributed by atoms with Gasteiger partial charge in [0.1, 0.15) is 18.0 Å². The van der Waals surface area contributed by atoms with Crippen molar-refractivity contribution in [3.63, 3.8) is 0 Å². The Bertz CT molecular complexity index is 567. The van der Waals surface area contributed by atoms with E-state index in [0.29, 0.717) is 31.6 Å². The molecule has 0 aromatic carbocycles. The van der Waals surface area contributed by atoms with Crippen LogP contribution in [0.4, 0.5) is 10.6 Å². The molecule has 0 N–H and O–H groups in total. The number of hydrogen-bond donors (Lipinski definition) is 0. The maximum Gasteiger partial charge on any atom is 0.410 e. The predicted octanol–water partition coefficient (Wildman–Crippen LogP) is 3.06. The van der Waals surface area contributed by atoms with E-state index in [1.807, 2.05) is 40.0 Å². The van der Waals surface area contributed by atoms with Crippen molar-refractivity contribution >= 4 is 11.9 Å². The summed E-state index contributed by atoms with van der Waals surface area (Å²) in [5, 5.41) is 0. The Morgan fingerprint density at radius 2 is 2.09 bits per heavy atom.